The highest BCUT2D eigenvalue weighted by Crippen LogP contribution is 2.20. The van der Waals surface area contributed by atoms with Crippen molar-refractivity contribution < 1.29 is 19.1 Å². The summed E-state index contributed by atoms with van der Waals surface area (Å²) in [6.07, 6.45) is -1.12. The Morgan fingerprint density at radius 2 is 1.72 bits per heavy atom. The van der Waals surface area contributed by atoms with E-state index in [1.54, 1.807) is 30.3 Å². The fraction of sp³-hybridized carbons (Fsp3) is 0.118. The lowest BCUT2D eigenvalue weighted by Gasteiger charge is -2.14. The number of nitrogens with one attached hydrogen (secondary N) is 2. The lowest BCUT2D eigenvalue weighted by atomic mass is 10.2. The molecule has 0 aliphatic heterocycles. The van der Waals surface area contributed by atoms with Crippen LogP contribution in [0.25, 0.3) is 0 Å². The molecule has 0 bridgehead atoms. The standard InChI is InChI=1S/C17H16ClN3O4/c1-10(25-17(24)12-7-8-13(18)14(19)9-12)15(22)20-21-16(23)11-5-3-2-4-6-11/h2-10H,19H2,1H3,(H,20,22)(H,21,23)/t10-/m1/s1. The second-order valence-corrected chi connectivity index (χ2v) is 5.50. The summed E-state index contributed by atoms with van der Waals surface area (Å²) in [6, 6.07) is 12.6. The van der Waals surface area contributed by atoms with E-state index in [2.05, 4.69) is 10.9 Å². The van der Waals surface area contributed by atoms with Crippen LogP contribution >= 0.6 is 11.6 Å². The van der Waals surface area contributed by atoms with E-state index in [9.17, 15) is 14.4 Å². The van der Waals surface area contributed by atoms with Crippen LogP contribution < -0.4 is 16.6 Å². The minimum Gasteiger partial charge on any atom is -0.449 e. The van der Waals surface area contributed by atoms with E-state index in [0.29, 0.717) is 10.6 Å². The van der Waals surface area contributed by atoms with Crippen molar-refractivity contribution >= 4 is 35.1 Å². The molecule has 25 heavy (non-hydrogen) atoms. The number of hydrogen-bond donors (Lipinski definition) is 3. The highest BCUT2D eigenvalue weighted by Gasteiger charge is 2.20. The number of nitrogens with two attached hydrogens (primary N) is 1. The lowest BCUT2D eigenvalue weighted by Crippen LogP contribution is -2.46. The molecule has 0 aromatic heterocycles. The van der Waals surface area contributed by atoms with Gasteiger partial charge < -0.3 is 10.5 Å². The molecule has 2 rings (SSSR count). The highest BCUT2D eigenvalue weighted by atomic mass is 35.5. The monoisotopic (exact) mass is 361 g/mol. The Morgan fingerprint density at radius 1 is 1.04 bits per heavy atom. The summed E-state index contributed by atoms with van der Waals surface area (Å²) in [6.45, 7) is 1.38. The summed E-state index contributed by atoms with van der Waals surface area (Å²) in [5.41, 5.74) is 10.8. The molecule has 0 radical (unpaired) electrons. The number of nitrogen functional groups attached to an aromatic ring is 1. The molecular weight excluding hydrogens is 346 g/mol. The van der Waals surface area contributed by atoms with Crippen molar-refractivity contribution in [2.24, 2.45) is 0 Å². The van der Waals surface area contributed by atoms with Crippen LogP contribution in [0, 0.1) is 0 Å². The van der Waals surface area contributed by atoms with Crippen molar-refractivity contribution in [3.63, 3.8) is 0 Å². The fourth-order valence-electron chi connectivity index (χ4n) is 1.83. The first-order valence-corrected chi connectivity index (χ1v) is 7.67. The van der Waals surface area contributed by atoms with Crippen molar-refractivity contribution in [2.45, 2.75) is 13.0 Å². The van der Waals surface area contributed by atoms with Crippen molar-refractivity contribution in [2.75, 3.05) is 5.73 Å². The maximum absolute atomic E-state index is 12.0. The van der Waals surface area contributed by atoms with Crippen molar-refractivity contribution in [1.29, 1.82) is 0 Å². The van der Waals surface area contributed by atoms with Gasteiger partial charge in [-0.25, -0.2) is 4.79 Å². The van der Waals surface area contributed by atoms with Gasteiger partial charge in [0.25, 0.3) is 11.8 Å². The maximum atomic E-state index is 12.0. The summed E-state index contributed by atoms with van der Waals surface area (Å²) in [5, 5.41) is 0.311. The van der Waals surface area contributed by atoms with Gasteiger partial charge in [0.15, 0.2) is 6.10 Å². The molecule has 0 saturated carbocycles. The zero-order valence-electron chi connectivity index (χ0n) is 13.3. The second-order valence-electron chi connectivity index (χ2n) is 5.09. The Kier molecular flexibility index (Phi) is 5.97. The molecule has 8 heteroatoms. The number of rotatable bonds is 4. The van der Waals surface area contributed by atoms with E-state index in [1.807, 2.05) is 0 Å². The van der Waals surface area contributed by atoms with E-state index in [1.165, 1.54) is 25.1 Å². The van der Waals surface area contributed by atoms with Crippen LogP contribution in [0.1, 0.15) is 27.6 Å². The number of amides is 2. The van der Waals surface area contributed by atoms with Crippen LogP contribution in [0.4, 0.5) is 5.69 Å². The number of hydrazine groups is 1. The normalized spacial score (nSPS) is 11.3. The number of hydrogen-bond acceptors (Lipinski definition) is 5. The third-order valence-corrected chi connectivity index (χ3v) is 3.56. The maximum Gasteiger partial charge on any atom is 0.338 e. The third-order valence-electron chi connectivity index (χ3n) is 3.22. The van der Waals surface area contributed by atoms with Crippen LogP contribution in [-0.4, -0.2) is 23.9 Å². The predicted octanol–water partition coefficient (Wildman–Crippen LogP) is 1.93. The van der Waals surface area contributed by atoms with Gasteiger partial charge in [0.05, 0.1) is 16.3 Å². The third kappa shape index (κ3) is 4.95. The van der Waals surface area contributed by atoms with Gasteiger partial charge >= 0.3 is 5.97 Å². The van der Waals surface area contributed by atoms with Gasteiger partial charge in [0.1, 0.15) is 0 Å². The molecule has 0 unspecified atom stereocenters. The number of halogens is 1. The van der Waals surface area contributed by atoms with Gasteiger partial charge in [-0.1, -0.05) is 29.8 Å². The summed E-state index contributed by atoms with van der Waals surface area (Å²) in [5.74, 6) is -1.90. The molecule has 0 aliphatic carbocycles. The molecular formula is C17H16ClN3O4. The zero-order valence-corrected chi connectivity index (χ0v) is 14.0. The number of anilines is 1. The Hall–Kier alpha value is -3.06. The van der Waals surface area contributed by atoms with E-state index in [4.69, 9.17) is 22.1 Å². The number of carbonyl (C=O) groups excluding carboxylic acids is 3. The van der Waals surface area contributed by atoms with E-state index in [-0.39, 0.29) is 11.3 Å². The van der Waals surface area contributed by atoms with E-state index >= 15 is 0 Å². The quantitative estimate of drug-likeness (QED) is 0.438. The van der Waals surface area contributed by atoms with Gasteiger partial charge in [-0.3, -0.25) is 20.4 Å². The average Bonchev–Trinajstić information content (AvgIpc) is 2.62. The number of ether oxygens (including phenoxy) is 1. The van der Waals surface area contributed by atoms with Gasteiger partial charge in [-0.05, 0) is 37.3 Å². The topological polar surface area (TPSA) is 111 Å². The summed E-state index contributed by atoms with van der Waals surface area (Å²) in [7, 11) is 0. The Morgan fingerprint density at radius 3 is 2.36 bits per heavy atom. The van der Waals surface area contributed by atoms with Crippen molar-refractivity contribution in [1.82, 2.24) is 10.9 Å². The smallest absolute Gasteiger partial charge is 0.338 e. The first-order chi connectivity index (χ1) is 11.9. The lowest BCUT2D eigenvalue weighted by molar-refractivity contribution is -0.129. The summed E-state index contributed by atoms with van der Waals surface area (Å²) < 4.78 is 5.03. The molecule has 7 nitrogen and oxygen atoms in total. The van der Waals surface area contributed by atoms with Crippen LogP contribution in [0.2, 0.25) is 5.02 Å². The Balaban J connectivity index is 1.88. The molecule has 1 atom stereocenters. The predicted molar refractivity (Wildman–Crippen MR) is 92.8 cm³/mol. The molecule has 0 heterocycles. The van der Waals surface area contributed by atoms with Crippen molar-refractivity contribution in [3.05, 3.63) is 64.7 Å². The van der Waals surface area contributed by atoms with Crippen LogP contribution in [0.5, 0.6) is 0 Å². The van der Waals surface area contributed by atoms with Crippen LogP contribution in [-0.2, 0) is 9.53 Å². The molecule has 0 aliphatic rings. The van der Waals surface area contributed by atoms with Gasteiger partial charge in [-0.2, -0.15) is 0 Å². The first-order valence-electron chi connectivity index (χ1n) is 7.29. The Labute approximate surface area is 149 Å². The van der Waals surface area contributed by atoms with Crippen molar-refractivity contribution in [3.8, 4) is 0 Å². The SMILES string of the molecule is C[C@@H](OC(=O)c1ccc(Cl)c(N)c1)C(=O)NNC(=O)c1ccccc1. The summed E-state index contributed by atoms with van der Waals surface area (Å²) >= 11 is 5.78. The number of esters is 1. The molecule has 4 N–H and O–H groups in total. The van der Waals surface area contributed by atoms with Gasteiger partial charge in [-0.15, -0.1) is 0 Å². The minimum absolute atomic E-state index is 0.162. The van der Waals surface area contributed by atoms with Crippen LogP contribution in [0.3, 0.4) is 0 Å². The van der Waals surface area contributed by atoms with Gasteiger partial charge in [0, 0.05) is 5.56 Å². The van der Waals surface area contributed by atoms with E-state index in [0.717, 1.165) is 0 Å². The number of carbonyl (C=O) groups is 3. The molecule has 130 valence electrons. The molecule has 2 amide bonds. The molecule has 0 fully saturated rings. The average molecular weight is 362 g/mol. The second kappa shape index (κ2) is 8.16. The summed E-state index contributed by atoms with van der Waals surface area (Å²) in [4.78, 5) is 35.7. The highest BCUT2D eigenvalue weighted by molar-refractivity contribution is 6.33. The molecule has 2 aromatic carbocycles. The molecule has 2 aromatic rings. The van der Waals surface area contributed by atoms with Crippen LogP contribution in [0.15, 0.2) is 48.5 Å². The number of benzene rings is 2. The minimum atomic E-state index is -1.12. The van der Waals surface area contributed by atoms with Gasteiger partial charge in [0.2, 0.25) is 0 Å². The fourth-order valence-corrected chi connectivity index (χ4v) is 1.95. The zero-order chi connectivity index (χ0) is 18.4. The molecule has 0 saturated heterocycles. The Bertz CT molecular complexity index is 796. The largest absolute Gasteiger partial charge is 0.449 e. The first kappa shape index (κ1) is 18.3. The molecule has 0 spiro atoms. The van der Waals surface area contributed by atoms with E-state index < -0.39 is 23.9 Å².